The van der Waals surface area contributed by atoms with Crippen LogP contribution in [-0.4, -0.2) is 70.7 Å². The van der Waals surface area contributed by atoms with Crippen molar-refractivity contribution in [3.8, 4) is 0 Å². The summed E-state index contributed by atoms with van der Waals surface area (Å²) in [6, 6.07) is 8.16. The zero-order chi connectivity index (χ0) is 18.5. The topological polar surface area (TPSA) is 50.6 Å². The first-order valence-electron chi connectivity index (χ1n) is 9.58. The number of imidazole rings is 1. The Bertz CT molecular complexity index is 719. The normalized spacial score (nSPS) is 17.2. The van der Waals surface area contributed by atoms with Gasteiger partial charge in [-0.15, -0.1) is 0 Å². The van der Waals surface area contributed by atoms with Crippen molar-refractivity contribution in [2.24, 2.45) is 0 Å². The largest absolute Gasteiger partial charge is 0.377 e. The lowest BCUT2D eigenvalue weighted by molar-refractivity contribution is -0.133. The van der Waals surface area contributed by atoms with Crippen molar-refractivity contribution in [3.05, 3.63) is 30.6 Å². The first kappa shape index (κ1) is 18.9. The van der Waals surface area contributed by atoms with Crippen LogP contribution in [0.5, 0.6) is 0 Å². The summed E-state index contributed by atoms with van der Waals surface area (Å²) in [6.45, 7) is 11.4. The number of ether oxygens (including phenoxy) is 1. The molecule has 0 unspecified atom stereocenters. The second-order valence-electron chi connectivity index (χ2n) is 7.34. The minimum Gasteiger partial charge on any atom is -0.377 e. The highest BCUT2D eigenvalue weighted by Crippen LogP contribution is 2.20. The predicted molar refractivity (Wildman–Crippen MR) is 103 cm³/mol. The van der Waals surface area contributed by atoms with Crippen LogP contribution >= 0.6 is 0 Å². The lowest BCUT2D eigenvalue weighted by Gasteiger charge is -2.35. The van der Waals surface area contributed by atoms with Crippen molar-refractivity contribution in [1.29, 1.82) is 0 Å². The number of carbonyl (C=O) groups is 1. The first-order valence-corrected chi connectivity index (χ1v) is 9.58. The van der Waals surface area contributed by atoms with Crippen molar-refractivity contribution in [1.82, 2.24) is 19.4 Å². The Morgan fingerprint density at radius 2 is 1.88 bits per heavy atom. The molecule has 1 aromatic carbocycles. The summed E-state index contributed by atoms with van der Waals surface area (Å²) in [5.74, 6) is 0.230. The third-order valence-electron chi connectivity index (χ3n) is 5.01. The number of rotatable bonds is 7. The average molecular weight is 358 g/mol. The molecular weight excluding hydrogens is 328 g/mol. The second-order valence-corrected chi connectivity index (χ2v) is 7.34. The minimum atomic E-state index is 0.104. The van der Waals surface area contributed by atoms with E-state index in [1.807, 2.05) is 29.4 Å². The van der Waals surface area contributed by atoms with Crippen LogP contribution in [0.15, 0.2) is 30.6 Å². The molecule has 1 fully saturated rings. The molecule has 0 radical (unpaired) electrons. The Labute approximate surface area is 155 Å². The zero-order valence-corrected chi connectivity index (χ0v) is 16.1. The number of amides is 1. The number of hydrogen-bond donors (Lipinski definition) is 0. The van der Waals surface area contributed by atoms with Gasteiger partial charge in [-0.2, -0.15) is 0 Å². The van der Waals surface area contributed by atoms with Gasteiger partial charge in [-0.25, -0.2) is 4.98 Å². The highest BCUT2D eigenvalue weighted by atomic mass is 16.5. The summed E-state index contributed by atoms with van der Waals surface area (Å²) in [5, 5.41) is 0. The maximum absolute atomic E-state index is 12.7. The van der Waals surface area contributed by atoms with Crippen molar-refractivity contribution in [2.45, 2.75) is 39.3 Å². The SMILES string of the molecule is CC(C)OCCN1CCN(C(=O)C[C@H](C)n2cnc3ccccc32)CC1. The van der Waals surface area contributed by atoms with Gasteiger partial charge in [-0.3, -0.25) is 9.69 Å². The quantitative estimate of drug-likeness (QED) is 0.763. The van der Waals surface area contributed by atoms with Crippen LogP contribution in [0.3, 0.4) is 0 Å². The molecule has 0 bridgehead atoms. The number of fused-ring (bicyclic) bond motifs is 1. The maximum atomic E-state index is 12.7. The summed E-state index contributed by atoms with van der Waals surface area (Å²) in [5.41, 5.74) is 2.06. The van der Waals surface area contributed by atoms with E-state index in [-0.39, 0.29) is 18.1 Å². The molecule has 6 heteroatoms. The van der Waals surface area contributed by atoms with Gasteiger partial charge in [0, 0.05) is 45.2 Å². The summed E-state index contributed by atoms with van der Waals surface area (Å²) in [4.78, 5) is 21.5. The van der Waals surface area contributed by atoms with Crippen molar-refractivity contribution < 1.29 is 9.53 Å². The molecule has 26 heavy (non-hydrogen) atoms. The Kier molecular flexibility index (Phi) is 6.27. The number of nitrogens with zero attached hydrogens (tertiary/aromatic N) is 4. The molecule has 0 saturated carbocycles. The Morgan fingerprint density at radius 1 is 1.15 bits per heavy atom. The van der Waals surface area contributed by atoms with Crippen LogP contribution in [0.1, 0.15) is 33.2 Å². The molecule has 1 saturated heterocycles. The maximum Gasteiger partial charge on any atom is 0.224 e. The Balaban J connectivity index is 1.48. The van der Waals surface area contributed by atoms with Crippen LogP contribution < -0.4 is 0 Å². The number of carbonyl (C=O) groups excluding carboxylic acids is 1. The van der Waals surface area contributed by atoms with Crippen LogP contribution in [-0.2, 0) is 9.53 Å². The van der Waals surface area contributed by atoms with Gasteiger partial charge in [0.15, 0.2) is 0 Å². The summed E-state index contributed by atoms with van der Waals surface area (Å²) < 4.78 is 7.72. The monoisotopic (exact) mass is 358 g/mol. The van der Waals surface area contributed by atoms with Gasteiger partial charge in [0.2, 0.25) is 5.91 Å². The third kappa shape index (κ3) is 4.62. The highest BCUT2D eigenvalue weighted by molar-refractivity contribution is 5.78. The molecule has 1 aliphatic rings. The van der Waals surface area contributed by atoms with Crippen LogP contribution in [0.2, 0.25) is 0 Å². The summed E-state index contributed by atoms with van der Waals surface area (Å²) >= 11 is 0. The molecule has 2 aromatic rings. The molecule has 2 heterocycles. The fraction of sp³-hybridized carbons (Fsp3) is 0.600. The van der Waals surface area contributed by atoms with Crippen LogP contribution in [0.4, 0.5) is 0 Å². The average Bonchev–Trinajstić information content (AvgIpc) is 3.06. The van der Waals surface area contributed by atoms with Gasteiger partial charge < -0.3 is 14.2 Å². The summed E-state index contributed by atoms with van der Waals surface area (Å²) in [7, 11) is 0. The van der Waals surface area contributed by atoms with Gasteiger partial charge in [-0.1, -0.05) is 12.1 Å². The van der Waals surface area contributed by atoms with E-state index in [9.17, 15) is 4.79 Å². The molecule has 6 nitrogen and oxygen atoms in total. The smallest absolute Gasteiger partial charge is 0.224 e. The van der Waals surface area contributed by atoms with E-state index in [1.165, 1.54) is 0 Å². The minimum absolute atomic E-state index is 0.104. The molecule has 0 aliphatic carbocycles. The molecule has 0 N–H and O–H groups in total. The van der Waals surface area contributed by atoms with E-state index >= 15 is 0 Å². The number of para-hydroxylation sites is 2. The van der Waals surface area contributed by atoms with Gasteiger partial charge in [-0.05, 0) is 32.9 Å². The number of benzene rings is 1. The zero-order valence-electron chi connectivity index (χ0n) is 16.1. The summed E-state index contributed by atoms with van der Waals surface area (Å²) in [6.07, 6.45) is 2.63. The van der Waals surface area contributed by atoms with E-state index in [2.05, 4.69) is 41.3 Å². The lowest BCUT2D eigenvalue weighted by atomic mass is 10.2. The highest BCUT2D eigenvalue weighted by Gasteiger charge is 2.23. The molecule has 1 atom stereocenters. The molecule has 142 valence electrons. The number of piperazine rings is 1. The van der Waals surface area contributed by atoms with Crippen molar-refractivity contribution in [2.75, 3.05) is 39.3 Å². The molecule has 1 aromatic heterocycles. The molecule has 1 amide bonds. The fourth-order valence-electron chi connectivity index (χ4n) is 3.45. The van der Waals surface area contributed by atoms with Crippen molar-refractivity contribution in [3.63, 3.8) is 0 Å². The van der Waals surface area contributed by atoms with Gasteiger partial charge >= 0.3 is 0 Å². The second kappa shape index (κ2) is 8.64. The standard InChI is InChI=1S/C20H30N4O2/c1-16(2)26-13-12-22-8-10-23(11-9-22)20(25)14-17(3)24-15-21-18-6-4-5-7-19(18)24/h4-7,15-17H,8-14H2,1-3H3/t17-/m0/s1. The Morgan fingerprint density at radius 3 is 2.62 bits per heavy atom. The van der Waals surface area contributed by atoms with E-state index in [1.54, 1.807) is 0 Å². The van der Waals surface area contributed by atoms with E-state index in [0.717, 1.165) is 50.4 Å². The van der Waals surface area contributed by atoms with Gasteiger partial charge in [0.05, 0.1) is 30.1 Å². The fourth-order valence-corrected chi connectivity index (χ4v) is 3.45. The van der Waals surface area contributed by atoms with Crippen molar-refractivity contribution >= 4 is 16.9 Å². The van der Waals surface area contributed by atoms with Crippen LogP contribution in [0.25, 0.3) is 11.0 Å². The van der Waals surface area contributed by atoms with E-state index in [4.69, 9.17) is 4.74 Å². The number of aromatic nitrogens is 2. The van der Waals surface area contributed by atoms with E-state index < -0.39 is 0 Å². The number of hydrogen-bond acceptors (Lipinski definition) is 4. The van der Waals surface area contributed by atoms with Crippen LogP contribution in [0, 0.1) is 0 Å². The van der Waals surface area contributed by atoms with E-state index in [0.29, 0.717) is 6.42 Å². The van der Waals surface area contributed by atoms with Gasteiger partial charge in [0.1, 0.15) is 0 Å². The third-order valence-corrected chi connectivity index (χ3v) is 5.01. The van der Waals surface area contributed by atoms with Gasteiger partial charge in [0.25, 0.3) is 0 Å². The lowest BCUT2D eigenvalue weighted by Crippen LogP contribution is -2.49. The molecule has 3 rings (SSSR count). The molecule has 0 spiro atoms. The predicted octanol–water partition coefficient (Wildman–Crippen LogP) is 2.56. The molecular formula is C20H30N4O2. The Hall–Kier alpha value is -1.92. The first-order chi connectivity index (χ1) is 12.5. The molecule has 1 aliphatic heterocycles.